The molecule has 0 aromatic heterocycles. The second-order valence-electron chi connectivity index (χ2n) is 6.36. The van der Waals surface area contributed by atoms with E-state index < -0.39 is 8.07 Å². The molecule has 0 aliphatic heterocycles. The molecule has 3 heteroatoms. The highest BCUT2D eigenvalue weighted by molar-refractivity contribution is 6.77. The van der Waals surface area contributed by atoms with Gasteiger partial charge in [-0.2, -0.15) is 0 Å². The van der Waals surface area contributed by atoms with E-state index in [9.17, 15) is 4.79 Å². The van der Waals surface area contributed by atoms with Crippen LogP contribution in [0.2, 0.25) is 25.2 Å². The maximum absolute atomic E-state index is 12.1. The number of esters is 1. The molecule has 0 aromatic carbocycles. The van der Waals surface area contributed by atoms with E-state index in [4.69, 9.17) is 4.74 Å². The third-order valence-corrected chi connectivity index (χ3v) is 7.06. The first-order chi connectivity index (χ1) is 8.34. The third kappa shape index (κ3) is 6.57. The normalized spacial score (nSPS) is 15.2. The molecule has 0 amide bonds. The Bertz CT molecular complexity index is 233. The van der Waals surface area contributed by atoms with Crippen LogP contribution in [0, 0.1) is 5.92 Å². The van der Waals surface area contributed by atoms with Crippen molar-refractivity contribution in [2.24, 2.45) is 5.92 Å². The summed E-state index contributed by atoms with van der Waals surface area (Å²) in [4.78, 5) is 12.1. The number of rotatable bonds is 9. The average molecular weight is 273 g/mol. The monoisotopic (exact) mass is 272 g/mol. The second kappa shape index (κ2) is 8.73. The molecule has 0 saturated heterocycles. The van der Waals surface area contributed by atoms with Gasteiger partial charge in [0.25, 0.3) is 0 Å². The quantitative estimate of drug-likeness (QED) is 0.340. The number of carbonyl (C=O) groups excluding carboxylic acids is 1. The Balaban J connectivity index is 4.47. The topological polar surface area (TPSA) is 26.3 Å². The zero-order valence-electron chi connectivity index (χ0n) is 13.2. The molecule has 0 spiro atoms. The van der Waals surface area contributed by atoms with Crippen molar-refractivity contribution in [3.63, 3.8) is 0 Å². The first kappa shape index (κ1) is 17.7. The summed E-state index contributed by atoms with van der Waals surface area (Å²) in [7, 11) is -1.28. The number of ether oxygens (including phenoxy) is 1. The van der Waals surface area contributed by atoms with E-state index in [0.717, 1.165) is 12.8 Å². The Morgan fingerprint density at radius 3 is 2.17 bits per heavy atom. The zero-order chi connectivity index (χ0) is 14.2. The van der Waals surface area contributed by atoms with Crippen LogP contribution in [0.5, 0.6) is 0 Å². The molecule has 0 rings (SSSR count). The highest BCUT2D eigenvalue weighted by Gasteiger charge is 2.34. The molecule has 0 fully saturated rings. The van der Waals surface area contributed by atoms with E-state index in [1.54, 1.807) is 0 Å². The Kier molecular flexibility index (Phi) is 8.58. The van der Waals surface area contributed by atoms with Gasteiger partial charge in [-0.05, 0) is 18.9 Å². The minimum Gasteiger partial charge on any atom is -0.466 e. The summed E-state index contributed by atoms with van der Waals surface area (Å²) in [5, 5.41) is 0. The highest BCUT2D eigenvalue weighted by atomic mass is 28.3. The number of hydrogen-bond acceptors (Lipinski definition) is 2. The van der Waals surface area contributed by atoms with Crippen molar-refractivity contribution >= 4 is 14.0 Å². The SMILES string of the molecule is CCCCCCC(C(=O)OCC)C(C)[Si](C)(C)C. The molecule has 0 saturated carbocycles. The van der Waals surface area contributed by atoms with E-state index in [2.05, 4.69) is 33.5 Å². The lowest BCUT2D eigenvalue weighted by Crippen LogP contribution is -2.36. The van der Waals surface area contributed by atoms with E-state index in [-0.39, 0.29) is 11.9 Å². The summed E-state index contributed by atoms with van der Waals surface area (Å²) >= 11 is 0. The predicted molar refractivity (Wildman–Crippen MR) is 81.7 cm³/mol. The van der Waals surface area contributed by atoms with Crippen LogP contribution in [0.25, 0.3) is 0 Å². The first-order valence-corrected chi connectivity index (χ1v) is 11.1. The summed E-state index contributed by atoms with van der Waals surface area (Å²) in [5.41, 5.74) is 0.498. The van der Waals surface area contributed by atoms with E-state index in [0.29, 0.717) is 12.1 Å². The van der Waals surface area contributed by atoms with Gasteiger partial charge in [-0.1, -0.05) is 59.2 Å². The summed E-state index contributed by atoms with van der Waals surface area (Å²) in [6, 6.07) is 0. The van der Waals surface area contributed by atoms with Crippen LogP contribution in [0.4, 0.5) is 0 Å². The average Bonchev–Trinajstić information content (AvgIpc) is 2.27. The lowest BCUT2D eigenvalue weighted by Gasteiger charge is -2.31. The van der Waals surface area contributed by atoms with Gasteiger partial charge in [-0.3, -0.25) is 4.79 Å². The minimum absolute atomic E-state index is 0.0314. The van der Waals surface area contributed by atoms with Gasteiger partial charge in [-0.25, -0.2) is 0 Å². The second-order valence-corrected chi connectivity index (χ2v) is 12.0. The minimum atomic E-state index is -1.28. The fourth-order valence-corrected chi connectivity index (χ4v) is 3.73. The molecule has 108 valence electrons. The van der Waals surface area contributed by atoms with Crippen LogP contribution in [0.15, 0.2) is 0 Å². The lowest BCUT2D eigenvalue weighted by atomic mass is 9.98. The number of unbranched alkanes of at least 4 members (excludes halogenated alkanes) is 3. The van der Waals surface area contributed by atoms with Crippen molar-refractivity contribution < 1.29 is 9.53 Å². The molecule has 2 unspecified atom stereocenters. The summed E-state index contributed by atoms with van der Waals surface area (Å²) in [6.07, 6.45) is 5.92. The van der Waals surface area contributed by atoms with Crippen LogP contribution in [0.1, 0.15) is 52.9 Å². The van der Waals surface area contributed by atoms with Crippen molar-refractivity contribution in [2.75, 3.05) is 6.61 Å². The molecule has 0 N–H and O–H groups in total. The first-order valence-electron chi connectivity index (χ1n) is 7.51. The maximum atomic E-state index is 12.1. The summed E-state index contributed by atoms with van der Waals surface area (Å²) < 4.78 is 5.26. The molecular formula is C15H32O2Si. The molecule has 18 heavy (non-hydrogen) atoms. The Labute approximate surface area is 115 Å². The van der Waals surface area contributed by atoms with Gasteiger partial charge in [0.05, 0.1) is 12.5 Å². The summed E-state index contributed by atoms with van der Waals surface area (Å²) in [6.45, 7) is 13.9. The molecular weight excluding hydrogens is 240 g/mol. The predicted octanol–water partition coefficient (Wildman–Crippen LogP) is 4.86. The van der Waals surface area contributed by atoms with Crippen molar-refractivity contribution in [1.82, 2.24) is 0 Å². The molecule has 0 bridgehead atoms. The third-order valence-electron chi connectivity index (χ3n) is 3.93. The molecule has 0 aliphatic carbocycles. The van der Waals surface area contributed by atoms with Crippen molar-refractivity contribution in [2.45, 2.75) is 78.1 Å². The Morgan fingerprint density at radius 2 is 1.72 bits per heavy atom. The molecule has 2 atom stereocenters. The van der Waals surface area contributed by atoms with Gasteiger partial charge in [0, 0.05) is 8.07 Å². The van der Waals surface area contributed by atoms with Crippen LogP contribution in [0.3, 0.4) is 0 Å². The molecule has 0 aliphatic rings. The molecule has 0 aromatic rings. The van der Waals surface area contributed by atoms with Crippen molar-refractivity contribution in [3.05, 3.63) is 0 Å². The summed E-state index contributed by atoms with van der Waals surface area (Å²) in [5.74, 6) is 0.150. The highest BCUT2D eigenvalue weighted by Crippen LogP contribution is 2.33. The molecule has 0 radical (unpaired) electrons. The van der Waals surface area contributed by atoms with Gasteiger partial charge in [-0.15, -0.1) is 0 Å². The van der Waals surface area contributed by atoms with E-state index in [1.165, 1.54) is 19.3 Å². The fourth-order valence-electron chi connectivity index (χ4n) is 2.22. The maximum Gasteiger partial charge on any atom is 0.308 e. The largest absolute Gasteiger partial charge is 0.466 e. The van der Waals surface area contributed by atoms with Gasteiger partial charge in [0.1, 0.15) is 0 Å². The number of hydrogen-bond donors (Lipinski definition) is 0. The molecule has 2 nitrogen and oxygen atoms in total. The van der Waals surface area contributed by atoms with Crippen LogP contribution in [-0.4, -0.2) is 20.7 Å². The van der Waals surface area contributed by atoms with Gasteiger partial charge in [0.2, 0.25) is 0 Å². The lowest BCUT2D eigenvalue weighted by molar-refractivity contribution is -0.148. The van der Waals surface area contributed by atoms with E-state index >= 15 is 0 Å². The smallest absolute Gasteiger partial charge is 0.308 e. The molecule has 0 heterocycles. The standard InChI is InChI=1S/C15H32O2Si/c1-7-9-10-11-12-14(15(16)17-8-2)13(3)18(4,5)6/h13-14H,7-12H2,1-6H3. The Hall–Kier alpha value is -0.313. The van der Waals surface area contributed by atoms with Crippen LogP contribution >= 0.6 is 0 Å². The van der Waals surface area contributed by atoms with Crippen molar-refractivity contribution in [3.8, 4) is 0 Å². The van der Waals surface area contributed by atoms with Gasteiger partial charge < -0.3 is 4.74 Å². The number of carbonyl (C=O) groups is 1. The van der Waals surface area contributed by atoms with Crippen molar-refractivity contribution in [1.29, 1.82) is 0 Å². The van der Waals surface area contributed by atoms with Crippen LogP contribution < -0.4 is 0 Å². The van der Waals surface area contributed by atoms with E-state index in [1.807, 2.05) is 6.92 Å². The van der Waals surface area contributed by atoms with Crippen LogP contribution in [-0.2, 0) is 9.53 Å². The zero-order valence-corrected chi connectivity index (χ0v) is 14.2. The fraction of sp³-hybridized carbons (Fsp3) is 0.933. The Morgan fingerprint density at radius 1 is 1.11 bits per heavy atom. The van der Waals surface area contributed by atoms with Gasteiger partial charge >= 0.3 is 5.97 Å². The van der Waals surface area contributed by atoms with Gasteiger partial charge in [0.15, 0.2) is 0 Å².